The lowest BCUT2D eigenvalue weighted by molar-refractivity contribution is -0.180. The van der Waals surface area contributed by atoms with E-state index in [9.17, 15) is 4.79 Å². The number of nitrogens with one attached hydrogen (secondary N) is 1. The zero-order chi connectivity index (χ0) is 28.9. The molecule has 0 aromatic heterocycles. The molecule has 2 aromatic carbocycles. The Balaban J connectivity index is 0.000000699. The van der Waals surface area contributed by atoms with Crippen LogP contribution in [0, 0.1) is 3.57 Å². The van der Waals surface area contributed by atoms with Gasteiger partial charge in [0.05, 0.1) is 46.3 Å². The second kappa shape index (κ2) is 16.6. The van der Waals surface area contributed by atoms with Gasteiger partial charge in [-0.3, -0.25) is 5.32 Å². The molecule has 41 heavy (non-hydrogen) atoms. The largest absolute Gasteiger partial charge is 0.463 e. The van der Waals surface area contributed by atoms with Gasteiger partial charge in [-0.25, -0.2) is 4.79 Å². The number of ether oxygens (including phenoxy) is 6. The van der Waals surface area contributed by atoms with E-state index < -0.39 is 5.79 Å². The van der Waals surface area contributed by atoms with Crippen LogP contribution in [-0.2, 0) is 36.9 Å². The minimum absolute atomic E-state index is 0.236. The van der Waals surface area contributed by atoms with E-state index in [2.05, 4.69) is 46.1 Å². The highest BCUT2D eigenvalue weighted by molar-refractivity contribution is 14.1. The fraction of sp³-hybridized carbons (Fsp3) is 0.581. The van der Waals surface area contributed by atoms with Crippen LogP contribution in [-0.4, -0.2) is 69.6 Å². The number of hydrogen-bond acceptors (Lipinski definition) is 8. The summed E-state index contributed by atoms with van der Waals surface area (Å²) >= 11 is 2.31. The molecule has 0 radical (unpaired) electrons. The average Bonchev–Trinajstić information content (AvgIpc) is 3.65. The van der Waals surface area contributed by atoms with Gasteiger partial charge in [-0.2, -0.15) is 0 Å². The Morgan fingerprint density at radius 2 is 1.90 bits per heavy atom. The summed E-state index contributed by atoms with van der Waals surface area (Å²) in [5.74, 6) is 0.211. The van der Waals surface area contributed by atoms with E-state index in [-0.39, 0.29) is 12.2 Å². The van der Waals surface area contributed by atoms with Crippen molar-refractivity contribution in [1.82, 2.24) is 10.2 Å². The van der Waals surface area contributed by atoms with Crippen LogP contribution in [0.4, 0.5) is 4.79 Å². The number of amides is 1. The molecule has 1 amide bonds. The van der Waals surface area contributed by atoms with Crippen LogP contribution in [0.1, 0.15) is 62.3 Å². The first-order valence-electron chi connectivity index (χ1n) is 14.5. The monoisotopic (exact) mass is 682 g/mol. The minimum atomic E-state index is -0.618. The molecule has 2 fully saturated rings. The number of carbonyl (C=O) groups excluding carboxylic acids is 1. The van der Waals surface area contributed by atoms with Crippen molar-refractivity contribution in [2.24, 2.45) is 0 Å². The summed E-state index contributed by atoms with van der Waals surface area (Å²) in [5.41, 5.74) is 3.16. The van der Waals surface area contributed by atoms with Gasteiger partial charge in [0.25, 0.3) is 0 Å². The maximum Gasteiger partial charge on any atom is 0.410 e. The summed E-state index contributed by atoms with van der Waals surface area (Å²) in [5, 5.41) is 3.00. The van der Waals surface area contributed by atoms with Crippen molar-refractivity contribution in [3.05, 3.63) is 62.7 Å². The van der Waals surface area contributed by atoms with Crippen molar-refractivity contribution in [2.75, 3.05) is 52.8 Å². The van der Waals surface area contributed by atoms with Crippen LogP contribution in [0.3, 0.4) is 0 Å². The number of rotatable bonds is 13. The van der Waals surface area contributed by atoms with E-state index in [0.29, 0.717) is 39.5 Å². The SMILES string of the molecule is C1COCN1.CC1(C)OCc2cc([C@@H]3CN(CCCCCCOCCOCc4cccc(I)c4)C(=O)O3)ccc2O1. The summed E-state index contributed by atoms with van der Waals surface area (Å²) < 4.78 is 34.6. The normalized spacial score (nSPS) is 19.2. The standard InChI is InChI=1S/C28H36INO6.C3H7NO/c1-28(2)34-20-23-17-22(10-11-25(23)36-28)26-18-30(27(31)35-26)12-5-3-4-6-13-32-14-15-33-19-21-8-7-9-24(29)16-21;1-2-5-3-4-1/h7-11,16-17,26H,3-6,12-15,18-20H2,1-2H3;4H,1-3H2/t26-;/m0./s1. The van der Waals surface area contributed by atoms with Crippen LogP contribution in [0.5, 0.6) is 5.75 Å². The van der Waals surface area contributed by atoms with E-state index >= 15 is 0 Å². The van der Waals surface area contributed by atoms with Gasteiger partial charge in [-0.05, 0) is 70.8 Å². The summed E-state index contributed by atoms with van der Waals surface area (Å²) in [4.78, 5) is 14.2. The third-order valence-electron chi connectivity index (χ3n) is 6.90. The van der Waals surface area contributed by atoms with E-state index in [4.69, 9.17) is 28.4 Å². The van der Waals surface area contributed by atoms with Crippen molar-refractivity contribution >= 4 is 28.7 Å². The van der Waals surface area contributed by atoms with Crippen molar-refractivity contribution in [3.8, 4) is 5.75 Å². The summed E-state index contributed by atoms with van der Waals surface area (Å²) in [6, 6.07) is 14.3. The lowest BCUT2D eigenvalue weighted by atomic mass is 10.0. The van der Waals surface area contributed by atoms with Crippen LogP contribution in [0.15, 0.2) is 42.5 Å². The van der Waals surface area contributed by atoms with Gasteiger partial charge in [0.15, 0.2) is 0 Å². The predicted octanol–water partition coefficient (Wildman–Crippen LogP) is 5.79. The minimum Gasteiger partial charge on any atom is -0.463 e. The van der Waals surface area contributed by atoms with Gasteiger partial charge < -0.3 is 33.3 Å². The third kappa shape index (κ3) is 11.0. The quantitative estimate of drug-likeness (QED) is 0.210. The highest BCUT2D eigenvalue weighted by atomic mass is 127. The Labute approximate surface area is 257 Å². The molecule has 9 nitrogen and oxygen atoms in total. The number of benzene rings is 2. The highest BCUT2D eigenvalue weighted by Gasteiger charge is 2.33. The molecule has 226 valence electrons. The highest BCUT2D eigenvalue weighted by Crippen LogP contribution is 2.35. The van der Waals surface area contributed by atoms with E-state index in [0.717, 1.165) is 69.0 Å². The Hall–Kier alpha value is -1.96. The fourth-order valence-corrected chi connectivity index (χ4v) is 5.29. The van der Waals surface area contributed by atoms with Gasteiger partial charge in [0.2, 0.25) is 5.79 Å². The van der Waals surface area contributed by atoms with Gasteiger partial charge in [0.1, 0.15) is 11.9 Å². The maximum absolute atomic E-state index is 12.4. The molecule has 1 atom stereocenters. The average molecular weight is 683 g/mol. The molecule has 2 saturated heterocycles. The Bertz CT molecular complexity index is 1090. The van der Waals surface area contributed by atoms with Crippen LogP contribution in [0.2, 0.25) is 0 Å². The molecular weight excluding hydrogens is 639 g/mol. The Morgan fingerprint density at radius 3 is 2.68 bits per heavy atom. The molecule has 5 rings (SSSR count). The van der Waals surface area contributed by atoms with Crippen molar-refractivity contribution in [2.45, 2.75) is 64.6 Å². The molecule has 0 unspecified atom stereocenters. The molecule has 1 N–H and O–H groups in total. The molecule has 0 spiro atoms. The Kier molecular flexibility index (Phi) is 13.0. The first-order chi connectivity index (χ1) is 19.9. The molecule has 2 aromatic rings. The first kappa shape index (κ1) is 32.0. The molecule has 0 bridgehead atoms. The van der Waals surface area contributed by atoms with Crippen molar-refractivity contribution in [1.29, 1.82) is 0 Å². The molecule has 0 aliphatic carbocycles. The van der Waals surface area contributed by atoms with Crippen LogP contribution >= 0.6 is 22.6 Å². The zero-order valence-corrected chi connectivity index (χ0v) is 26.4. The molecular formula is C31H43IN2O7. The van der Waals surface area contributed by atoms with Crippen LogP contribution < -0.4 is 10.1 Å². The molecule has 3 aliphatic heterocycles. The number of nitrogens with zero attached hydrogens (tertiary/aromatic N) is 1. The van der Waals surface area contributed by atoms with E-state index in [1.54, 1.807) is 0 Å². The van der Waals surface area contributed by atoms with Gasteiger partial charge in [-0.1, -0.05) is 31.0 Å². The topological polar surface area (TPSA) is 87.7 Å². The summed E-state index contributed by atoms with van der Waals surface area (Å²) in [6.45, 7) is 10.8. The summed E-state index contributed by atoms with van der Waals surface area (Å²) in [7, 11) is 0. The molecule has 0 saturated carbocycles. The number of hydrogen-bond donors (Lipinski definition) is 1. The van der Waals surface area contributed by atoms with Crippen molar-refractivity contribution in [3.63, 3.8) is 0 Å². The van der Waals surface area contributed by atoms with Crippen LogP contribution in [0.25, 0.3) is 0 Å². The third-order valence-corrected chi connectivity index (χ3v) is 7.57. The number of fused-ring (bicyclic) bond motifs is 1. The number of cyclic esters (lactones) is 1. The van der Waals surface area contributed by atoms with Gasteiger partial charge in [0, 0.05) is 42.7 Å². The number of carbonyl (C=O) groups is 1. The smallest absolute Gasteiger partial charge is 0.410 e. The molecule has 10 heteroatoms. The fourth-order valence-electron chi connectivity index (χ4n) is 4.68. The van der Waals surface area contributed by atoms with Crippen molar-refractivity contribution < 1.29 is 33.2 Å². The first-order valence-corrected chi connectivity index (χ1v) is 15.6. The lowest BCUT2D eigenvalue weighted by Crippen LogP contribution is -2.35. The number of halogens is 1. The summed E-state index contributed by atoms with van der Waals surface area (Å²) in [6.07, 6.45) is 3.63. The molecule has 3 heterocycles. The molecule has 3 aliphatic rings. The maximum atomic E-state index is 12.4. The van der Waals surface area contributed by atoms with E-state index in [1.165, 1.54) is 9.13 Å². The van der Waals surface area contributed by atoms with Gasteiger partial charge >= 0.3 is 6.09 Å². The predicted molar refractivity (Wildman–Crippen MR) is 164 cm³/mol. The number of unbranched alkanes of at least 4 members (excludes halogenated alkanes) is 3. The lowest BCUT2D eigenvalue weighted by Gasteiger charge is -2.32. The zero-order valence-electron chi connectivity index (χ0n) is 24.2. The second-order valence-corrected chi connectivity index (χ2v) is 12.0. The Morgan fingerprint density at radius 1 is 1.05 bits per heavy atom. The van der Waals surface area contributed by atoms with E-state index in [1.807, 2.05) is 43.0 Å². The van der Waals surface area contributed by atoms with Gasteiger partial charge in [-0.15, -0.1) is 0 Å². The second-order valence-electron chi connectivity index (χ2n) is 10.7.